The molecule has 0 atom stereocenters. The Morgan fingerprint density at radius 2 is 1.80 bits per heavy atom. The number of hydrogen-bond donors (Lipinski definition) is 1. The molecule has 0 saturated carbocycles. The molecule has 1 N–H and O–H groups in total. The summed E-state index contributed by atoms with van der Waals surface area (Å²) in [7, 11) is 1.78. The van der Waals surface area contributed by atoms with E-state index < -0.39 is 0 Å². The molecule has 0 radical (unpaired) electrons. The number of para-hydroxylation sites is 2. The Morgan fingerprint density at radius 1 is 1.10 bits per heavy atom. The van der Waals surface area contributed by atoms with Crippen LogP contribution in [0.1, 0.15) is 16.2 Å². The number of H-pyrrole nitrogens is 1. The van der Waals surface area contributed by atoms with Crippen LogP contribution in [0.5, 0.6) is 0 Å². The third-order valence-electron chi connectivity index (χ3n) is 3.19. The highest BCUT2D eigenvalue weighted by Gasteiger charge is 2.13. The third-order valence-corrected chi connectivity index (χ3v) is 3.19. The van der Waals surface area contributed by atoms with E-state index in [0.717, 1.165) is 16.9 Å². The monoisotopic (exact) mass is 265 g/mol. The SMILES string of the molecule is CN(Cc1nc2ccccc2[nH]1)C(=O)c1ccccc1. The van der Waals surface area contributed by atoms with Gasteiger partial charge in [0, 0.05) is 12.6 Å². The lowest BCUT2D eigenvalue weighted by molar-refractivity contribution is 0.0782. The number of nitrogens with zero attached hydrogens (tertiary/aromatic N) is 2. The average molecular weight is 265 g/mol. The van der Waals surface area contributed by atoms with Gasteiger partial charge in [0.05, 0.1) is 17.6 Å². The Bertz CT molecular complexity index is 701. The lowest BCUT2D eigenvalue weighted by atomic mass is 10.2. The first kappa shape index (κ1) is 12.4. The number of nitrogens with one attached hydrogen (secondary N) is 1. The molecule has 0 fully saturated rings. The minimum Gasteiger partial charge on any atom is -0.340 e. The quantitative estimate of drug-likeness (QED) is 0.791. The summed E-state index contributed by atoms with van der Waals surface area (Å²) in [5, 5.41) is 0. The number of rotatable bonds is 3. The molecule has 0 aliphatic carbocycles. The van der Waals surface area contributed by atoms with Gasteiger partial charge in [-0.3, -0.25) is 4.79 Å². The lowest BCUT2D eigenvalue weighted by Gasteiger charge is -2.15. The molecule has 3 rings (SSSR count). The fourth-order valence-electron chi connectivity index (χ4n) is 2.18. The van der Waals surface area contributed by atoms with E-state index in [2.05, 4.69) is 9.97 Å². The van der Waals surface area contributed by atoms with Crippen molar-refractivity contribution in [3.8, 4) is 0 Å². The zero-order chi connectivity index (χ0) is 13.9. The number of fused-ring (bicyclic) bond motifs is 1. The summed E-state index contributed by atoms with van der Waals surface area (Å²) in [6.45, 7) is 0.461. The smallest absolute Gasteiger partial charge is 0.253 e. The molecule has 0 unspecified atom stereocenters. The van der Waals surface area contributed by atoms with Gasteiger partial charge < -0.3 is 9.88 Å². The summed E-state index contributed by atoms with van der Waals surface area (Å²) in [6, 6.07) is 17.1. The van der Waals surface area contributed by atoms with Crippen LogP contribution < -0.4 is 0 Å². The minimum atomic E-state index is -0.00828. The van der Waals surface area contributed by atoms with E-state index >= 15 is 0 Å². The first-order valence-electron chi connectivity index (χ1n) is 6.48. The van der Waals surface area contributed by atoms with Crippen molar-refractivity contribution in [3.63, 3.8) is 0 Å². The predicted molar refractivity (Wildman–Crippen MR) is 78.3 cm³/mol. The van der Waals surface area contributed by atoms with E-state index in [0.29, 0.717) is 12.1 Å². The summed E-state index contributed by atoms with van der Waals surface area (Å²) in [6.07, 6.45) is 0. The van der Waals surface area contributed by atoms with Gasteiger partial charge in [-0.2, -0.15) is 0 Å². The average Bonchev–Trinajstić information content (AvgIpc) is 2.89. The number of carbonyl (C=O) groups excluding carboxylic acids is 1. The van der Waals surface area contributed by atoms with Crippen LogP contribution in [0.3, 0.4) is 0 Å². The van der Waals surface area contributed by atoms with Gasteiger partial charge in [-0.25, -0.2) is 4.98 Å². The molecule has 0 aliphatic heterocycles. The third kappa shape index (κ3) is 2.40. The van der Waals surface area contributed by atoms with Crippen LogP contribution in [0, 0.1) is 0 Å². The summed E-state index contributed by atoms with van der Waals surface area (Å²) in [4.78, 5) is 21.6. The number of benzene rings is 2. The number of aromatic amines is 1. The zero-order valence-corrected chi connectivity index (χ0v) is 11.2. The van der Waals surface area contributed by atoms with Gasteiger partial charge in [-0.15, -0.1) is 0 Å². The van der Waals surface area contributed by atoms with Crippen molar-refractivity contribution in [2.24, 2.45) is 0 Å². The Labute approximate surface area is 117 Å². The predicted octanol–water partition coefficient (Wildman–Crippen LogP) is 2.84. The van der Waals surface area contributed by atoms with E-state index in [-0.39, 0.29) is 5.91 Å². The molecule has 100 valence electrons. The van der Waals surface area contributed by atoms with Crippen LogP contribution >= 0.6 is 0 Å². The molecule has 1 heterocycles. The second-order valence-corrected chi connectivity index (χ2v) is 4.73. The molecular formula is C16H15N3O. The Hall–Kier alpha value is -2.62. The first-order valence-corrected chi connectivity index (χ1v) is 6.48. The van der Waals surface area contributed by atoms with Crippen LogP contribution in [-0.2, 0) is 6.54 Å². The molecule has 1 aromatic heterocycles. The van der Waals surface area contributed by atoms with Crippen molar-refractivity contribution in [2.75, 3.05) is 7.05 Å². The Balaban J connectivity index is 1.78. The highest BCUT2D eigenvalue weighted by atomic mass is 16.2. The van der Waals surface area contributed by atoms with Crippen molar-refractivity contribution in [1.82, 2.24) is 14.9 Å². The van der Waals surface area contributed by atoms with Gasteiger partial charge in [-0.1, -0.05) is 30.3 Å². The number of carbonyl (C=O) groups is 1. The summed E-state index contributed by atoms with van der Waals surface area (Å²) >= 11 is 0. The Kier molecular flexibility index (Phi) is 3.21. The first-order chi connectivity index (χ1) is 9.74. The molecule has 4 heteroatoms. The minimum absolute atomic E-state index is 0.00828. The van der Waals surface area contributed by atoms with E-state index in [9.17, 15) is 4.79 Å². The second kappa shape index (κ2) is 5.17. The summed E-state index contributed by atoms with van der Waals surface area (Å²) in [5.41, 5.74) is 2.59. The number of aromatic nitrogens is 2. The number of hydrogen-bond acceptors (Lipinski definition) is 2. The largest absolute Gasteiger partial charge is 0.340 e. The maximum absolute atomic E-state index is 12.2. The van der Waals surface area contributed by atoms with Gasteiger partial charge in [0.15, 0.2) is 0 Å². The molecule has 0 saturated heterocycles. The van der Waals surface area contributed by atoms with Crippen LogP contribution in [0.15, 0.2) is 54.6 Å². The molecule has 20 heavy (non-hydrogen) atoms. The zero-order valence-electron chi connectivity index (χ0n) is 11.2. The van der Waals surface area contributed by atoms with E-state index in [1.165, 1.54) is 0 Å². The fraction of sp³-hybridized carbons (Fsp3) is 0.125. The van der Waals surface area contributed by atoms with Crippen molar-refractivity contribution in [1.29, 1.82) is 0 Å². The van der Waals surface area contributed by atoms with Gasteiger partial charge in [0.25, 0.3) is 5.91 Å². The van der Waals surface area contributed by atoms with E-state index in [1.807, 2.05) is 54.6 Å². The van der Waals surface area contributed by atoms with Gasteiger partial charge in [0.1, 0.15) is 5.82 Å². The molecule has 2 aromatic carbocycles. The molecule has 4 nitrogen and oxygen atoms in total. The molecule has 1 amide bonds. The number of imidazole rings is 1. The van der Waals surface area contributed by atoms with Gasteiger partial charge in [0.2, 0.25) is 0 Å². The summed E-state index contributed by atoms with van der Waals surface area (Å²) < 4.78 is 0. The van der Waals surface area contributed by atoms with Crippen molar-refractivity contribution in [2.45, 2.75) is 6.54 Å². The molecule has 0 spiro atoms. The lowest BCUT2D eigenvalue weighted by Crippen LogP contribution is -2.26. The van der Waals surface area contributed by atoms with Crippen molar-refractivity contribution < 1.29 is 4.79 Å². The van der Waals surface area contributed by atoms with Gasteiger partial charge >= 0.3 is 0 Å². The van der Waals surface area contributed by atoms with Crippen LogP contribution in [0.2, 0.25) is 0 Å². The second-order valence-electron chi connectivity index (χ2n) is 4.73. The maximum Gasteiger partial charge on any atom is 0.253 e. The van der Waals surface area contributed by atoms with Gasteiger partial charge in [-0.05, 0) is 24.3 Å². The molecule has 0 bridgehead atoms. The highest BCUT2D eigenvalue weighted by Crippen LogP contribution is 2.12. The normalized spacial score (nSPS) is 10.7. The molecule has 0 aliphatic rings. The number of amides is 1. The van der Waals surface area contributed by atoms with Crippen LogP contribution in [0.4, 0.5) is 0 Å². The van der Waals surface area contributed by atoms with E-state index in [1.54, 1.807) is 11.9 Å². The Morgan fingerprint density at radius 3 is 2.55 bits per heavy atom. The van der Waals surface area contributed by atoms with E-state index in [4.69, 9.17) is 0 Å². The van der Waals surface area contributed by atoms with Crippen LogP contribution in [0.25, 0.3) is 11.0 Å². The maximum atomic E-state index is 12.2. The van der Waals surface area contributed by atoms with Crippen molar-refractivity contribution >= 4 is 16.9 Å². The molecular weight excluding hydrogens is 250 g/mol. The standard InChI is InChI=1S/C16H15N3O/c1-19(16(20)12-7-3-2-4-8-12)11-15-17-13-9-5-6-10-14(13)18-15/h2-10H,11H2,1H3,(H,17,18). The summed E-state index contributed by atoms with van der Waals surface area (Å²) in [5.74, 6) is 0.782. The fourth-order valence-corrected chi connectivity index (χ4v) is 2.18. The van der Waals surface area contributed by atoms with Crippen molar-refractivity contribution in [3.05, 3.63) is 66.0 Å². The van der Waals surface area contributed by atoms with Crippen LogP contribution in [-0.4, -0.2) is 27.8 Å². The highest BCUT2D eigenvalue weighted by molar-refractivity contribution is 5.93. The topological polar surface area (TPSA) is 49.0 Å². The molecule has 3 aromatic rings.